The fraction of sp³-hybridized carbons (Fsp3) is 0.316. The number of hydrogen-bond acceptors (Lipinski definition) is 7. The summed E-state index contributed by atoms with van der Waals surface area (Å²) < 4.78 is 3.99. The maximum atomic E-state index is 12.6. The third-order valence-electron chi connectivity index (χ3n) is 3.59. The predicted octanol–water partition coefficient (Wildman–Crippen LogP) is 2.41. The normalized spacial score (nSPS) is 10.9. The van der Waals surface area contributed by atoms with Crippen molar-refractivity contribution in [3.8, 4) is 0 Å². The molecule has 9 nitrogen and oxygen atoms in total. The molecule has 0 radical (unpaired) electrons. The average Bonchev–Trinajstić information content (AvgIpc) is 2.64. The molecule has 10 heteroatoms. The second-order valence-electron chi connectivity index (χ2n) is 6.43. The summed E-state index contributed by atoms with van der Waals surface area (Å²) in [5.74, 6) is -1.60. The van der Waals surface area contributed by atoms with E-state index in [2.05, 4.69) is 20.6 Å². The van der Waals surface area contributed by atoms with Crippen LogP contribution in [0, 0.1) is 0 Å². The molecule has 0 fully saturated rings. The summed E-state index contributed by atoms with van der Waals surface area (Å²) >= 11 is 0.968. The van der Waals surface area contributed by atoms with Gasteiger partial charge >= 0.3 is 5.97 Å². The van der Waals surface area contributed by atoms with Crippen LogP contribution in [0.25, 0.3) is 0 Å². The first-order valence-electron chi connectivity index (χ1n) is 8.78. The van der Waals surface area contributed by atoms with Crippen LogP contribution in [-0.2, 0) is 14.3 Å². The third-order valence-corrected chi connectivity index (χ3v) is 4.65. The Morgan fingerprint density at radius 2 is 1.83 bits per heavy atom. The van der Waals surface area contributed by atoms with Crippen LogP contribution in [-0.4, -0.2) is 39.1 Å². The van der Waals surface area contributed by atoms with Crippen molar-refractivity contribution in [1.82, 2.24) is 9.97 Å². The second-order valence-corrected chi connectivity index (χ2v) is 8.04. The standard InChI is InChI=1S/C19H22N4O5S/c1-5-28-17(27)19(3,4)29-18-22-14(20-11(2)24)13(16(26)23-18)21-15(25)12-9-7-6-8-10-12/h6-10H,5H2,1-4H3,(H,21,25)(H2,20,22,23,24,26). The largest absolute Gasteiger partial charge is 0.465 e. The van der Waals surface area contributed by atoms with Crippen LogP contribution in [0.4, 0.5) is 11.5 Å². The topological polar surface area (TPSA) is 130 Å². The fourth-order valence-electron chi connectivity index (χ4n) is 2.24. The summed E-state index contributed by atoms with van der Waals surface area (Å²) in [7, 11) is 0. The van der Waals surface area contributed by atoms with Crippen LogP contribution < -0.4 is 16.2 Å². The van der Waals surface area contributed by atoms with Crippen molar-refractivity contribution < 1.29 is 19.1 Å². The van der Waals surface area contributed by atoms with Gasteiger partial charge in [-0.25, -0.2) is 4.98 Å². The number of rotatable bonds is 7. The van der Waals surface area contributed by atoms with Gasteiger partial charge in [-0.05, 0) is 32.9 Å². The van der Waals surface area contributed by atoms with Gasteiger partial charge in [-0.1, -0.05) is 30.0 Å². The molecule has 1 heterocycles. The predicted molar refractivity (Wildman–Crippen MR) is 110 cm³/mol. The number of nitrogens with zero attached hydrogens (tertiary/aromatic N) is 1. The number of aromatic amines is 1. The van der Waals surface area contributed by atoms with Crippen LogP contribution in [0.15, 0.2) is 40.3 Å². The highest BCUT2D eigenvalue weighted by molar-refractivity contribution is 8.01. The SMILES string of the molecule is CCOC(=O)C(C)(C)Sc1nc(NC(C)=O)c(NC(=O)c2ccccc2)c(=O)[nH]1. The molecule has 0 saturated heterocycles. The molecular weight excluding hydrogens is 396 g/mol. The first-order chi connectivity index (χ1) is 13.6. The summed E-state index contributed by atoms with van der Waals surface area (Å²) in [6.45, 7) is 6.41. The van der Waals surface area contributed by atoms with Gasteiger partial charge in [-0.15, -0.1) is 0 Å². The van der Waals surface area contributed by atoms with Crippen molar-refractivity contribution in [2.75, 3.05) is 17.2 Å². The molecule has 0 aliphatic rings. The lowest BCUT2D eigenvalue weighted by molar-refractivity contribution is -0.145. The van der Waals surface area contributed by atoms with Crippen LogP contribution in [0.1, 0.15) is 38.1 Å². The summed E-state index contributed by atoms with van der Waals surface area (Å²) in [5, 5.41) is 5.00. The van der Waals surface area contributed by atoms with E-state index in [1.54, 1.807) is 51.1 Å². The van der Waals surface area contributed by atoms with Crippen molar-refractivity contribution in [2.45, 2.75) is 37.6 Å². The minimum absolute atomic E-state index is 0.0921. The van der Waals surface area contributed by atoms with Gasteiger partial charge in [0.15, 0.2) is 16.7 Å². The monoisotopic (exact) mass is 418 g/mol. The highest BCUT2D eigenvalue weighted by Crippen LogP contribution is 2.32. The number of thioether (sulfide) groups is 1. The summed E-state index contributed by atoms with van der Waals surface area (Å²) in [5.41, 5.74) is -0.537. The molecule has 3 N–H and O–H groups in total. The summed E-state index contributed by atoms with van der Waals surface area (Å²) in [6, 6.07) is 8.29. The lowest BCUT2D eigenvalue weighted by Crippen LogP contribution is -2.31. The van der Waals surface area contributed by atoms with Gasteiger partial charge in [-0.3, -0.25) is 24.2 Å². The number of carbonyl (C=O) groups is 3. The Bertz CT molecular complexity index is 972. The molecule has 0 spiro atoms. The summed E-state index contributed by atoms with van der Waals surface area (Å²) in [6.07, 6.45) is 0. The van der Waals surface area contributed by atoms with E-state index >= 15 is 0 Å². The Hall–Kier alpha value is -3.14. The minimum atomic E-state index is -1.03. The van der Waals surface area contributed by atoms with Gasteiger partial charge in [0.1, 0.15) is 4.75 Å². The van der Waals surface area contributed by atoms with Crippen molar-refractivity contribution in [1.29, 1.82) is 0 Å². The van der Waals surface area contributed by atoms with Gasteiger partial charge < -0.3 is 15.4 Å². The highest BCUT2D eigenvalue weighted by atomic mass is 32.2. The van der Waals surface area contributed by atoms with E-state index in [0.29, 0.717) is 5.56 Å². The Balaban J connectivity index is 2.38. The van der Waals surface area contributed by atoms with Gasteiger partial charge in [0.25, 0.3) is 11.5 Å². The molecule has 0 saturated carbocycles. The molecule has 0 bridgehead atoms. The number of aromatic nitrogens is 2. The summed E-state index contributed by atoms with van der Waals surface area (Å²) in [4.78, 5) is 55.4. The fourth-order valence-corrected chi connectivity index (χ4v) is 3.14. The van der Waals surface area contributed by atoms with Crippen molar-refractivity contribution in [3.05, 3.63) is 46.2 Å². The van der Waals surface area contributed by atoms with E-state index in [-0.39, 0.29) is 23.3 Å². The number of amides is 2. The van der Waals surface area contributed by atoms with E-state index in [0.717, 1.165) is 11.8 Å². The zero-order chi connectivity index (χ0) is 21.6. The molecule has 1 aromatic heterocycles. The van der Waals surface area contributed by atoms with Crippen molar-refractivity contribution >= 4 is 41.1 Å². The van der Waals surface area contributed by atoms with Gasteiger partial charge in [-0.2, -0.15) is 0 Å². The van der Waals surface area contributed by atoms with E-state index in [4.69, 9.17) is 4.74 Å². The van der Waals surface area contributed by atoms with Gasteiger partial charge in [0, 0.05) is 12.5 Å². The number of hydrogen-bond donors (Lipinski definition) is 3. The van der Waals surface area contributed by atoms with E-state index < -0.39 is 28.1 Å². The zero-order valence-electron chi connectivity index (χ0n) is 16.5. The second kappa shape index (κ2) is 9.37. The molecule has 0 atom stereocenters. The Kier molecular flexibility index (Phi) is 7.16. The van der Waals surface area contributed by atoms with Crippen molar-refractivity contribution in [2.24, 2.45) is 0 Å². The van der Waals surface area contributed by atoms with Gasteiger partial charge in [0.05, 0.1) is 6.61 Å². The lowest BCUT2D eigenvalue weighted by Gasteiger charge is -2.21. The van der Waals surface area contributed by atoms with Crippen LogP contribution >= 0.6 is 11.8 Å². The molecule has 2 aromatic rings. The van der Waals surface area contributed by atoms with Crippen molar-refractivity contribution in [3.63, 3.8) is 0 Å². The highest BCUT2D eigenvalue weighted by Gasteiger charge is 2.32. The third kappa shape index (κ3) is 5.92. The average molecular weight is 418 g/mol. The van der Waals surface area contributed by atoms with Crippen LogP contribution in [0.2, 0.25) is 0 Å². The molecule has 0 aliphatic carbocycles. The van der Waals surface area contributed by atoms with Crippen LogP contribution in [0.5, 0.6) is 0 Å². The lowest BCUT2D eigenvalue weighted by atomic mass is 10.2. The first kappa shape index (κ1) is 22.2. The number of H-pyrrole nitrogens is 1. The molecule has 0 unspecified atom stereocenters. The molecule has 0 aliphatic heterocycles. The molecule has 1 aromatic carbocycles. The Morgan fingerprint density at radius 1 is 1.17 bits per heavy atom. The smallest absolute Gasteiger partial charge is 0.322 e. The Morgan fingerprint density at radius 3 is 2.41 bits per heavy atom. The number of anilines is 2. The minimum Gasteiger partial charge on any atom is -0.465 e. The molecule has 154 valence electrons. The van der Waals surface area contributed by atoms with Crippen LogP contribution in [0.3, 0.4) is 0 Å². The first-order valence-corrected chi connectivity index (χ1v) is 9.60. The van der Waals surface area contributed by atoms with E-state index in [9.17, 15) is 19.2 Å². The van der Waals surface area contributed by atoms with E-state index in [1.165, 1.54) is 6.92 Å². The van der Waals surface area contributed by atoms with Gasteiger partial charge in [0.2, 0.25) is 5.91 Å². The Labute approximate surface area is 171 Å². The molecule has 29 heavy (non-hydrogen) atoms. The molecule has 2 rings (SSSR count). The molecular formula is C19H22N4O5S. The number of carbonyl (C=O) groups excluding carboxylic acids is 3. The zero-order valence-corrected chi connectivity index (χ0v) is 17.3. The maximum absolute atomic E-state index is 12.6. The quantitative estimate of drug-likeness (QED) is 0.357. The number of ether oxygens (including phenoxy) is 1. The van der Waals surface area contributed by atoms with E-state index in [1.807, 2.05) is 0 Å². The molecule has 2 amide bonds. The maximum Gasteiger partial charge on any atom is 0.322 e. The number of esters is 1. The number of benzene rings is 1. The number of nitrogens with one attached hydrogen (secondary N) is 3.